The van der Waals surface area contributed by atoms with E-state index in [2.05, 4.69) is 97.1 Å². The van der Waals surface area contributed by atoms with E-state index in [0.717, 1.165) is 59.1 Å². The molecule has 2 rings (SSSR count). The predicted octanol–water partition coefficient (Wildman–Crippen LogP) is 15.5. The number of aliphatic hydroxyl groups is 1. The number of ether oxygens (including phenoxy) is 1. The summed E-state index contributed by atoms with van der Waals surface area (Å²) in [6.07, 6.45) is 48.7. The Labute approximate surface area is 384 Å². The Kier molecular flexibility index (Phi) is 25.4. The number of rotatable bonds is 26. The van der Waals surface area contributed by atoms with Crippen LogP contribution in [0.3, 0.4) is 0 Å². The standard InChI is InChI=1S/C58H84O5/c1-12-13-14-15-16-17-18-19-20-21-22-23-24-25-26-37-54(60)63-53-43-58(10,11)51(49(7)56(53)62)41-39-47(5)36-30-34-45(3)32-28-27-31-44(2)33-29-35-46(4)38-40-50-48(6)55(61)52(59)42-57(50,8)9/h19-20,27-36,38-41,52-53,59H,12-18,21-26,37,42-43H2,1-11H3/b20-19-,28-27+,33-29+,34-30+,40-38+,41-39+,44-31+,45-32+,46-35+,47-36+/t52-,53-/m0/s1. The molecule has 63 heavy (non-hydrogen) atoms. The molecular weight excluding hydrogens is 777 g/mol. The molecule has 0 saturated carbocycles. The van der Waals surface area contributed by atoms with Gasteiger partial charge in [0.25, 0.3) is 0 Å². The number of carbonyl (C=O) groups is 3. The number of carbonyl (C=O) groups excluding carboxylic acids is 3. The Balaban J connectivity index is 1.80. The molecule has 2 aliphatic carbocycles. The summed E-state index contributed by atoms with van der Waals surface area (Å²) in [6.45, 7) is 22.5. The molecule has 0 fully saturated rings. The number of aliphatic hydroxyl groups excluding tert-OH is 1. The van der Waals surface area contributed by atoms with Crippen molar-refractivity contribution in [1.82, 2.24) is 0 Å². The van der Waals surface area contributed by atoms with Crippen molar-refractivity contribution in [3.05, 3.63) is 142 Å². The number of ketones is 2. The lowest BCUT2D eigenvalue weighted by Gasteiger charge is -2.36. The number of unbranched alkanes of at least 4 members (excludes halogenated alkanes) is 11. The minimum Gasteiger partial charge on any atom is -0.454 e. The third-order valence-electron chi connectivity index (χ3n) is 12.2. The summed E-state index contributed by atoms with van der Waals surface area (Å²) >= 11 is 0. The fourth-order valence-corrected chi connectivity index (χ4v) is 8.25. The van der Waals surface area contributed by atoms with Gasteiger partial charge < -0.3 is 9.84 Å². The van der Waals surface area contributed by atoms with E-state index in [-0.39, 0.29) is 28.4 Å². The van der Waals surface area contributed by atoms with Crippen molar-refractivity contribution in [1.29, 1.82) is 0 Å². The first kappa shape index (κ1) is 54.8. The van der Waals surface area contributed by atoms with E-state index >= 15 is 0 Å². The molecule has 1 N–H and O–H groups in total. The summed E-state index contributed by atoms with van der Waals surface area (Å²) in [5, 5.41) is 10.1. The summed E-state index contributed by atoms with van der Waals surface area (Å²) in [6, 6.07) is 0. The molecule has 0 unspecified atom stereocenters. The average Bonchev–Trinajstić information content (AvgIpc) is 3.21. The summed E-state index contributed by atoms with van der Waals surface area (Å²) in [7, 11) is 0. The minimum atomic E-state index is -0.913. The molecule has 5 nitrogen and oxygen atoms in total. The maximum absolute atomic E-state index is 13.3. The van der Waals surface area contributed by atoms with Gasteiger partial charge in [-0.25, -0.2) is 0 Å². The smallest absolute Gasteiger partial charge is 0.306 e. The Hall–Kier alpha value is -4.35. The van der Waals surface area contributed by atoms with Crippen LogP contribution in [0.2, 0.25) is 0 Å². The molecule has 0 amide bonds. The van der Waals surface area contributed by atoms with E-state index < -0.39 is 12.2 Å². The van der Waals surface area contributed by atoms with Crippen LogP contribution in [-0.4, -0.2) is 34.9 Å². The van der Waals surface area contributed by atoms with Crippen LogP contribution in [0.25, 0.3) is 0 Å². The highest BCUT2D eigenvalue weighted by Crippen LogP contribution is 2.41. The molecule has 0 saturated heterocycles. The Morgan fingerprint density at radius 2 is 1.00 bits per heavy atom. The van der Waals surface area contributed by atoms with Crippen molar-refractivity contribution in [3.8, 4) is 0 Å². The van der Waals surface area contributed by atoms with Gasteiger partial charge in [-0.05, 0) is 113 Å². The van der Waals surface area contributed by atoms with E-state index in [1.54, 1.807) is 6.92 Å². The lowest BCUT2D eigenvalue weighted by Crippen LogP contribution is -2.39. The fourth-order valence-electron chi connectivity index (χ4n) is 8.25. The highest BCUT2D eigenvalue weighted by Gasteiger charge is 2.40. The van der Waals surface area contributed by atoms with Crippen molar-refractivity contribution in [2.45, 2.75) is 191 Å². The van der Waals surface area contributed by atoms with E-state index in [9.17, 15) is 19.5 Å². The summed E-state index contributed by atoms with van der Waals surface area (Å²) < 4.78 is 5.77. The number of hydrogen-bond acceptors (Lipinski definition) is 5. The molecule has 0 aromatic heterocycles. The van der Waals surface area contributed by atoms with Gasteiger partial charge in [0.2, 0.25) is 0 Å². The van der Waals surface area contributed by atoms with Crippen molar-refractivity contribution in [2.75, 3.05) is 0 Å². The summed E-state index contributed by atoms with van der Waals surface area (Å²) in [4.78, 5) is 38.4. The van der Waals surface area contributed by atoms with Gasteiger partial charge in [0, 0.05) is 12.8 Å². The van der Waals surface area contributed by atoms with Gasteiger partial charge in [0.15, 0.2) is 17.7 Å². The van der Waals surface area contributed by atoms with Gasteiger partial charge in [-0.15, -0.1) is 0 Å². The van der Waals surface area contributed by atoms with Crippen LogP contribution in [-0.2, 0) is 19.1 Å². The highest BCUT2D eigenvalue weighted by atomic mass is 16.5. The van der Waals surface area contributed by atoms with E-state index in [1.807, 2.05) is 69.4 Å². The van der Waals surface area contributed by atoms with Gasteiger partial charge in [0.05, 0.1) is 0 Å². The Morgan fingerprint density at radius 1 is 0.587 bits per heavy atom. The van der Waals surface area contributed by atoms with Crippen molar-refractivity contribution < 1.29 is 24.2 Å². The number of allylic oxidation sites excluding steroid dienone is 22. The monoisotopic (exact) mass is 861 g/mol. The molecule has 346 valence electrons. The molecule has 0 bridgehead atoms. The van der Waals surface area contributed by atoms with E-state index in [1.165, 1.54) is 57.8 Å². The normalized spacial score (nSPS) is 20.8. The molecule has 2 atom stereocenters. The van der Waals surface area contributed by atoms with E-state index in [0.29, 0.717) is 30.4 Å². The van der Waals surface area contributed by atoms with E-state index in [4.69, 9.17) is 4.74 Å². The zero-order valence-electron chi connectivity index (χ0n) is 41.3. The number of hydrogen-bond donors (Lipinski definition) is 1. The van der Waals surface area contributed by atoms with Gasteiger partial charge >= 0.3 is 5.97 Å². The second-order valence-electron chi connectivity index (χ2n) is 19.2. The fraction of sp³-hybridized carbons (Fsp3) is 0.534. The molecule has 0 spiro atoms. The van der Waals surface area contributed by atoms with Gasteiger partial charge in [0.1, 0.15) is 6.10 Å². The molecule has 5 heteroatoms. The third-order valence-corrected chi connectivity index (χ3v) is 12.2. The topological polar surface area (TPSA) is 80.7 Å². The summed E-state index contributed by atoms with van der Waals surface area (Å²) in [5.41, 5.74) is 7.10. The lowest BCUT2D eigenvalue weighted by molar-refractivity contribution is -0.156. The predicted molar refractivity (Wildman–Crippen MR) is 268 cm³/mol. The second-order valence-corrected chi connectivity index (χ2v) is 19.2. The van der Waals surface area contributed by atoms with Gasteiger partial charge in [-0.1, -0.05) is 205 Å². The summed E-state index contributed by atoms with van der Waals surface area (Å²) in [5.74, 6) is -0.530. The van der Waals surface area contributed by atoms with Crippen molar-refractivity contribution >= 4 is 17.5 Å². The van der Waals surface area contributed by atoms with Crippen LogP contribution in [0.1, 0.15) is 179 Å². The maximum Gasteiger partial charge on any atom is 0.306 e. The van der Waals surface area contributed by atoms with Crippen LogP contribution in [0, 0.1) is 10.8 Å². The highest BCUT2D eigenvalue weighted by molar-refractivity contribution is 6.02. The Morgan fingerprint density at radius 3 is 1.51 bits per heavy atom. The SMILES string of the molecule is CCCCCCCC/C=C\CCCCCCCC(=O)O[C@H]1CC(C)(C)C(/C=C/C(C)=C/C=C/C(C)=C/C=C/C=C(C)/C=C/C=C(C)/C=C/C2=C(C)C(=O)[C@@H](O)CC2(C)C)=C(C)C1=O. The first-order valence-electron chi connectivity index (χ1n) is 24.0. The number of Topliss-reactive ketones (excluding diaryl/α,β-unsaturated/α-hetero) is 2. The van der Waals surface area contributed by atoms with Crippen LogP contribution in [0.4, 0.5) is 0 Å². The van der Waals surface area contributed by atoms with Crippen LogP contribution in [0.15, 0.2) is 142 Å². The first-order chi connectivity index (χ1) is 29.9. The molecular formula is C58H84O5. The van der Waals surface area contributed by atoms with Crippen LogP contribution in [0.5, 0.6) is 0 Å². The number of esters is 1. The molecule has 0 aliphatic heterocycles. The quantitative estimate of drug-likeness (QED) is 0.0405. The van der Waals surface area contributed by atoms with Crippen molar-refractivity contribution in [3.63, 3.8) is 0 Å². The molecule has 0 aromatic carbocycles. The van der Waals surface area contributed by atoms with Crippen molar-refractivity contribution in [2.24, 2.45) is 10.8 Å². The zero-order chi connectivity index (χ0) is 46.8. The average molecular weight is 861 g/mol. The van der Waals surface area contributed by atoms with Gasteiger partial charge in [-0.2, -0.15) is 0 Å². The largest absolute Gasteiger partial charge is 0.454 e. The lowest BCUT2D eigenvalue weighted by atomic mass is 9.71. The third kappa shape index (κ3) is 21.3. The molecule has 0 radical (unpaired) electrons. The molecule has 2 aliphatic rings. The Bertz CT molecular complexity index is 1890. The first-order valence-corrected chi connectivity index (χ1v) is 24.0. The van der Waals surface area contributed by atoms with Crippen LogP contribution < -0.4 is 0 Å². The molecule has 0 heterocycles. The zero-order valence-corrected chi connectivity index (χ0v) is 41.3. The van der Waals surface area contributed by atoms with Gasteiger partial charge in [-0.3, -0.25) is 14.4 Å². The minimum absolute atomic E-state index is 0.0888. The second kappa shape index (κ2) is 29.2. The maximum atomic E-state index is 13.3. The van der Waals surface area contributed by atoms with Crippen LogP contribution >= 0.6 is 0 Å². The molecule has 0 aromatic rings.